The SMILES string of the molecule is C=CCCCOc1nc(NC)nc(N2CCCC2)n1. The van der Waals surface area contributed by atoms with E-state index < -0.39 is 0 Å². The van der Waals surface area contributed by atoms with Crippen LogP contribution in [0.25, 0.3) is 0 Å². The smallest absolute Gasteiger partial charge is 0.323 e. The Morgan fingerprint density at radius 1 is 1.32 bits per heavy atom. The van der Waals surface area contributed by atoms with Gasteiger partial charge in [-0.25, -0.2) is 0 Å². The Bertz CT molecular complexity index is 417. The van der Waals surface area contributed by atoms with Crippen LogP contribution in [0.3, 0.4) is 0 Å². The number of ether oxygens (including phenoxy) is 1. The lowest BCUT2D eigenvalue weighted by atomic mass is 10.3. The van der Waals surface area contributed by atoms with Gasteiger partial charge in [-0.3, -0.25) is 0 Å². The van der Waals surface area contributed by atoms with Gasteiger partial charge in [-0.05, 0) is 25.7 Å². The molecule has 1 aliphatic rings. The molecule has 1 N–H and O–H groups in total. The molecule has 1 aliphatic heterocycles. The molecular formula is C13H21N5O. The van der Waals surface area contributed by atoms with Crippen LogP contribution in [0, 0.1) is 0 Å². The number of hydrogen-bond donors (Lipinski definition) is 1. The summed E-state index contributed by atoms with van der Waals surface area (Å²) < 4.78 is 5.57. The van der Waals surface area contributed by atoms with Crippen molar-refractivity contribution in [3.63, 3.8) is 0 Å². The lowest BCUT2D eigenvalue weighted by Crippen LogP contribution is -2.21. The first kappa shape index (κ1) is 13.6. The van der Waals surface area contributed by atoms with Crippen molar-refractivity contribution < 1.29 is 4.74 Å². The van der Waals surface area contributed by atoms with E-state index in [1.165, 1.54) is 12.8 Å². The van der Waals surface area contributed by atoms with Gasteiger partial charge < -0.3 is 15.0 Å². The maximum atomic E-state index is 5.57. The maximum Gasteiger partial charge on any atom is 0.323 e. The highest BCUT2D eigenvalue weighted by Gasteiger charge is 2.17. The maximum absolute atomic E-state index is 5.57. The van der Waals surface area contributed by atoms with Crippen molar-refractivity contribution in [2.45, 2.75) is 25.7 Å². The van der Waals surface area contributed by atoms with Crippen LogP contribution in [0.15, 0.2) is 12.7 Å². The first-order valence-corrected chi connectivity index (χ1v) is 6.76. The van der Waals surface area contributed by atoms with Gasteiger partial charge in [0.15, 0.2) is 0 Å². The summed E-state index contributed by atoms with van der Waals surface area (Å²) >= 11 is 0. The minimum Gasteiger partial charge on any atom is -0.463 e. The highest BCUT2D eigenvalue weighted by molar-refractivity contribution is 5.38. The van der Waals surface area contributed by atoms with Gasteiger partial charge in [0, 0.05) is 20.1 Å². The Morgan fingerprint density at radius 2 is 2.11 bits per heavy atom. The minimum absolute atomic E-state index is 0.394. The van der Waals surface area contributed by atoms with Crippen LogP contribution in [0.1, 0.15) is 25.7 Å². The van der Waals surface area contributed by atoms with E-state index >= 15 is 0 Å². The summed E-state index contributed by atoms with van der Waals surface area (Å²) in [5.41, 5.74) is 0. The van der Waals surface area contributed by atoms with Crippen LogP contribution < -0.4 is 15.0 Å². The van der Waals surface area contributed by atoms with Gasteiger partial charge in [-0.1, -0.05) is 6.08 Å². The Balaban J connectivity index is 2.04. The van der Waals surface area contributed by atoms with Crippen molar-refractivity contribution in [2.75, 3.05) is 37.0 Å². The fourth-order valence-corrected chi connectivity index (χ4v) is 1.97. The molecule has 0 radical (unpaired) electrons. The lowest BCUT2D eigenvalue weighted by Gasteiger charge is -2.16. The van der Waals surface area contributed by atoms with Gasteiger partial charge in [0.05, 0.1) is 6.61 Å². The Labute approximate surface area is 113 Å². The molecule has 1 fully saturated rings. The third-order valence-corrected chi connectivity index (χ3v) is 3.00. The van der Waals surface area contributed by atoms with E-state index in [9.17, 15) is 0 Å². The summed E-state index contributed by atoms with van der Waals surface area (Å²) in [4.78, 5) is 15.1. The number of nitrogens with zero attached hydrogens (tertiary/aromatic N) is 4. The molecule has 0 amide bonds. The Hall–Kier alpha value is -1.85. The van der Waals surface area contributed by atoms with Gasteiger partial charge in [0.1, 0.15) is 0 Å². The van der Waals surface area contributed by atoms with E-state index in [-0.39, 0.29) is 0 Å². The molecule has 104 valence electrons. The predicted molar refractivity (Wildman–Crippen MR) is 75.7 cm³/mol. The van der Waals surface area contributed by atoms with Crippen molar-refractivity contribution in [3.05, 3.63) is 12.7 Å². The molecule has 0 atom stereocenters. The number of nitrogens with one attached hydrogen (secondary N) is 1. The van der Waals surface area contributed by atoms with Gasteiger partial charge in [0.25, 0.3) is 0 Å². The minimum atomic E-state index is 0.394. The normalized spacial score (nSPS) is 14.5. The predicted octanol–water partition coefficient (Wildman–Crippen LogP) is 1.86. The topological polar surface area (TPSA) is 63.2 Å². The van der Waals surface area contributed by atoms with Gasteiger partial charge in [0.2, 0.25) is 11.9 Å². The molecule has 2 heterocycles. The molecule has 0 saturated carbocycles. The van der Waals surface area contributed by atoms with E-state index in [0.29, 0.717) is 24.5 Å². The second-order valence-corrected chi connectivity index (χ2v) is 4.47. The monoisotopic (exact) mass is 263 g/mol. The van der Waals surface area contributed by atoms with E-state index in [2.05, 4.69) is 31.7 Å². The number of rotatable bonds is 7. The zero-order chi connectivity index (χ0) is 13.5. The molecule has 2 rings (SSSR count). The van der Waals surface area contributed by atoms with Crippen molar-refractivity contribution >= 4 is 11.9 Å². The first-order valence-electron chi connectivity index (χ1n) is 6.76. The summed E-state index contributed by atoms with van der Waals surface area (Å²) in [5, 5.41) is 2.95. The highest BCUT2D eigenvalue weighted by atomic mass is 16.5. The van der Waals surface area contributed by atoms with Crippen molar-refractivity contribution in [3.8, 4) is 6.01 Å². The zero-order valence-corrected chi connectivity index (χ0v) is 11.4. The number of aromatic nitrogens is 3. The van der Waals surface area contributed by atoms with Crippen LogP contribution in [-0.2, 0) is 0 Å². The summed E-state index contributed by atoms with van der Waals surface area (Å²) in [6.45, 7) is 6.29. The molecule has 6 heteroatoms. The van der Waals surface area contributed by atoms with Crippen LogP contribution in [0.2, 0.25) is 0 Å². The van der Waals surface area contributed by atoms with Gasteiger partial charge >= 0.3 is 6.01 Å². The average molecular weight is 263 g/mol. The fourth-order valence-electron chi connectivity index (χ4n) is 1.97. The summed E-state index contributed by atoms with van der Waals surface area (Å²) in [6, 6.07) is 0.394. The lowest BCUT2D eigenvalue weighted by molar-refractivity contribution is 0.287. The Morgan fingerprint density at radius 3 is 2.79 bits per heavy atom. The number of allylic oxidation sites excluding steroid dienone is 1. The van der Waals surface area contributed by atoms with E-state index in [0.717, 1.165) is 25.9 Å². The molecule has 0 unspecified atom stereocenters. The third kappa shape index (κ3) is 3.81. The van der Waals surface area contributed by atoms with E-state index in [1.807, 2.05) is 6.08 Å². The van der Waals surface area contributed by atoms with E-state index in [1.54, 1.807) is 7.05 Å². The standard InChI is InChI=1S/C13H21N5O/c1-3-4-7-10-19-13-16-11(14-2)15-12(17-13)18-8-5-6-9-18/h3H,1,4-10H2,2H3,(H,14,15,16,17). The second-order valence-electron chi connectivity index (χ2n) is 4.47. The molecule has 6 nitrogen and oxygen atoms in total. The number of hydrogen-bond acceptors (Lipinski definition) is 6. The summed E-state index contributed by atoms with van der Waals surface area (Å²) in [7, 11) is 1.80. The van der Waals surface area contributed by atoms with Crippen LogP contribution >= 0.6 is 0 Å². The first-order chi connectivity index (χ1) is 9.33. The summed E-state index contributed by atoms with van der Waals surface area (Å²) in [6.07, 6.45) is 6.11. The van der Waals surface area contributed by atoms with Crippen LogP contribution in [0.4, 0.5) is 11.9 Å². The quantitative estimate of drug-likeness (QED) is 0.598. The zero-order valence-electron chi connectivity index (χ0n) is 11.4. The molecule has 0 aromatic carbocycles. The molecule has 1 saturated heterocycles. The van der Waals surface area contributed by atoms with Crippen molar-refractivity contribution in [1.82, 2.24) is 15.0 Å². The molecule has 0 aliphatic carbocycles. The molecular weight excluding hydrogens is 242 g/mol. The van der Waals surface area contributed by atoms with Gasteiger partial charge in [-0.15, -0.1) is 6.58 Å². The summed E-state index contributed by atoms with van der Waals surface area (Å²) in [5.74, 6) is 1.26. The third-order valence-electron chi connectivity index (χ3n) is 3.00. The Kier molecular flexibility index (Phi) is 4.94. The fraction of sp³-hybridized carbons (Fsp3) is 0.615. The number of anilines is 2. The highest BCUT2D eigenvalue weighted by Crippen LogP contribution is 2.19. The van der Waals surface area contributed by atoms with Gasteiger partial charge in [-0.2, -0.15) is 15.0 Å². The molecule has 0 spiro atoms. The number of unbranched alkanes of at least 4 members (excludes halogenated alkanes) is 1. The van der Waals surface area contributed by atoms with Crippen LogP contribution in [-0.4, -0.2) is 41.7 Å². The second kappa shape index (κ2) is 6.92. The van der Waals surface area contributed by atoms with Crippen molar-refractivity contribution in [2.24, 2.45) is 0 Å². The molecule has 1 aromatic heterocycles. The molecule has 1 aromatic rings. The van der Waals surface area contributed by atoms with E-state index in [4.69, 9.17) is 4.74 Å². The largest absolute Gasteiger partial charge is 0.463 e. The van der Waals surface area contributed by atoms with Crippen molar-refractivity contribution in [1.29, 1.82) is 0 Å². The average Bonchev–Trinajstić information content (AvgIpc) is 2.97. The van der Waals surface area contributed by atoms with Crippen LogP contribution in [0.5, 0.6) is 6.01 Å². The molecule has 0 bridgehead atoms. The molecule has 19 heavy (non-hydrogen) atoms.